The third-order valence-electron chi connectivity index (χ3n) is 3.33. The van der Waals surface area contributed by atoms with Crippen LogP contribution in [-0.2, 0) is 30.7 Å². The van der Waals surface area contributed by atoms with Gasteiger partial charge < -0.3 is 41.5 Å². The van der Waals surface area contributed by atoms with Crippen LogP contribution in [0.2, 0.25) is 0 Å². The van der Waals surface area contributed by atoms with Crippen molar-refractivity contribution in [3.8, 4) is 0 Å². The van der Waals surface area contributed by atoms with E-state index in [0.29, 0.717) is 6.42 Å². The van der Waals surface area contributed by atoms with E-state index in [1.54, 1.807) is 0 Å². The van der Waals surface area contributed by atoms with Gasteiger partial charge in [0.05, 0.1) is 11.9 Å². The first kappa shape index (κ1) is 21.8. The average molecular weight is 467 g/mol. The van der Waals surface area contributed by atoms with Gasteiger partial charge in [-0.05, 0) is 18.3 Å². The molecule has 1 aliphatic rings. The summed E-state index contributed by atoms with van der Waals surface area (Å²) in [7, 11) is 0. The third kappa shape index (κ3) is 4.78. The third-order valence-corrected chi connectivity index (χ3v) is 3.33. The van der Waals surface area contributed by atoms with E-state index in [1.165, 1.54) is 0 Å². The summed E-state index contributed by atoms with van der Waals surface area (Å²) in [5, 5.41) is 37.4. The molecule has 0 unspecified atom stereocenters. The number of carbonyl (C=O) groups is 2. The van der Waals surface area contributed by atoms with Crippen molar-refractivity contribution in [1.82, 2.24) is 0 Å². The fourth-order valence-electron chi connectivity index (χ4n) is 1.32. The van der Waals surface area contributed by atoms with Crippen LogP contribution in [0.5, 0.6) is 0 Å². The normalized spacial score (nSPS) is 16.0. The van der Waals surface area contributed by atoms with E-state index in [1.807, 2.05) is 0 Å². The number of carboxylic acids is 2. The fourth-order valence-corrected chi connectivity index (χ4v) is 1.32. The predicted octanol–water partition coefficient (Wildman–Crippen LogP) is -2.71. The van der Waals surface area contributed by atoms with Gasteiger partial charge in [-0.3, -0.25) is 0 Å². The second-order valence-corrected chi connectivity index (χ2v) is 4.64. The summed E-state index contributed by atoms with van der Waals surface area (Å²) in [6.07, 6.45) is 0.928. The van der Waals surface area contributed by atoms with E-state index in [9.17, 15) is 19.8 Å². The van der Waals surface area contributed by atoms with Crippen molar-refractivity contribution < 1.29 is 51.1 Å². The zero-order valence-corrected chi connectivity index (χ0v) is 13.0. The number of carboxylic acid groups (broad SMARTS) is 2. The molecule has 2 radical (unpaired) electrons. The molecule has 0 bridgehead atoms. The summed E-state index contributed by atoms with van der Waals surface area (Å²) in [6, 6.07) is 0. The SMILES string of the molecule is O=C([O-])C1(C(=O)[O-])CCC1.[N-]CC(C[N-])(CO)CO.[Pt+4]. The van der Waals surface area contributed by atoms with Crippen LogP contribution in [0, 0.1) is 10.8 Å². The van der Waals surface area contributed by atoms with Gasteiger partial charge in [0.2, 0.25) is 0 Å². The molecule has 0 spiro atoms. The first-order chi connectivity index (χ1) is 8.84. The van der Waals surface area contributed by atoms with Gasteiger partial charge in [-0.25, -0.2) is 0 Å². The van der Waals surface area contributed by atoms with Crippen LogP contribution in [0.3, 0.4) is 0 Å². The van der Waals surface area contributed by atoms with Crippen molar-refractivity contribution in [2.45, 2.75) is 19.3 Å². The van der Waals surface area contributed by atoms with Gasteiger partial charge in [-0.15, -0.1) is 0 Å². The molecule has 1 fully saturated rings. The van der Waals surface area contributed by atoms with E-state index >= 15 is 0 Å². The molecular weight excluding hydrogens is 451 g/mol. The van der Waals surface area contributed by atoms with Crippen molar-refractivity contribution in [3.05, 3.63) is 11.5 Å². The van der Waals surface area contributed by atoms with E-state index < -0.39 is 49.1 Å². The zero-order chi connectivity index (χ0) is 15.1. The van der Waals surface area contributed by atoms with Crippen LogP contribution >= 0.6 is 0 Å². The second kappa shape index (κ2) is 9.41. The Labute approximate surface area is 131 Å². The summed E-state index contributed by atoms with van der Waals surface area (Å²) in [5.41, 5.74) is 14.2. The molecule has 0 atom stereocenters. The van der Waals surface area contributed by atoms with Crippen molar-refractivity contribution in [2.75, 3.05) is 26.3 Å². The largest absolute Gasteiger partial charge is 4.00 e. The topological polar surface area (TPSA) is 165 Å². The fraction of sp³-hybridized carbons (Fsp3) is 0.818. The molecule has 1 rings (SSSR count). The van der Waals surface area contributed by atoms with Crippen molar-refractivity contribution >= 4 is 11.9 Å². The van der Waals surface area contributed by atoms with E-state index in [4.69, 9.17) is 21.7 Å². The molecule has 0 heterocycles. The Morgan fingerprint density at radius 2 is 1.40 bits per heavy atom. The molecule has 1 saturated carbocycles. The monoisotopic (exact) mass is 467 g/mol. The Hall–Kier alpha value is -0.532. The molecule has 2 N–H and O–H groups in total. The summed E-state index contributed by atoms with van der Waals surface area (Å²) in [5.74, 6) is -3.03. The molecule has 9 heteroatoms. The van der Waals surface area contributed by atoms with Crippen molar-refractivity contribution in [1.29, 1.82) is 0 Å². The Kier molecular flexibility index (Phi) is 10.2. The van der Waals surface area contributed by atoms with E-state index in [-0.39, 0.29) is 33.9 Å². The minimum Gasteiger partial charge on any atom is -0.808 e. The van der Waals surface area contributed by atoms with Gasteiger partial charge in [0.15, 0.2) is 0 Å². The van der Waals surface area contributed by atoms with Gasteiger partial charge in [0.1, 0.15) is 0 Å². The maximum atomic E-state index is 10.2. The Balaban J connectivity index is 0. The van der Waals surface area contributed by atoms with E-state index in [0.717, 1.165) is 0 Å². The molecule has 0 aliphatic heterocycles. The number of carbonyl (C=O) groups excluding carboxylic acids is 2. The van der Waals surface area contributed by atoms with Crippen LogP contribution < -0.4 is 10.2 Å². The Morgan fingerprint density at radius 3 is 1.40 bits per heavy atom. The number of rotatable bonds is 6. The number of aliphatic hydroxyl groups is 2. The molecule has 0 saturated heterocycles. The van der Waals surface area contributed by atoms with Gasteiger partial charge >= 0.3 is 21.1 Å². The van der Waals surface area contributed by atoms with Crippen molar-refractivity contribution in [2.24, 2.45) is 10.8 Å². The first-order valence-corrected chi connectivity index (χ1v) is 5.70. The summed E-state index contributed by atoms with van der Waals surface area (Å²) < 4.78 is 0. The molecule has 8 nitrogen and oxygen atoms in total. The van der Waals surface area contributed by atoms with Crippen molar-refractivity contribution in [3.63, 3.8) is 0 Å². The summed E-state index contributed by atoms with van der Waals surface area (Å²) in [4.78, 5) is 20.4. The second-order valence-electron chi connectivity index (χ2n) is 4.64. The maximum Gasteiger partial charge on any atom is 4.00 e. The number of nitrogens with zero attached hydrogens (tertiary/aromatic N) is 2. The van der Waals surface area contributed by atoms with Crippen LogP contribution in [0.15, 0.2) is 0 Å². The predicted molar refractivity (Wildman–Crippen MR) is 59.4 cm³/mol. The molecular formula is C11H16N2O6Pt. The molecule has 0 aromatic heterocycles. The first-order valence-electron chi connectivity index (χ1n) is 5.70. The van der Waals surface area contributed by atoms with Crippen LogP contribution in [0.1, 0.15) is 19.3 Å². The number of hydrogen-bond donors (Lipinski definition) is 2. The Bertz CT molecular complexity index is 285. The van der Waals surface area contributed by atoms with Crippen LogP contribution in [0.4, 0.5) is 0 Å². The zero-order valence-electron chi connectivity index (χ0n) is 10.7. The Morgan fingerprint density at radius 1 is 1.05 bits per heavy atom. The molecule has 0 aromatic carbocycles. The van der Waals surface area contributed by atoms with Gasteiger partial charge in [-0.1, -0.05) is 6.42 Å². The maximum absolute atomic E-state index is 10.2. The molecule has 116 valence electrons. The number of aliphatic carboxylic acids is 2. The molecule has 0 amide bonds. The van der Waals surface area contributed by atoms with Gasteiger partial charge in [0.25, 0.3) is 0 Å². The molecule has 1 aliphatic carbocycles. The minimum absolute atomic E-state index is 0. The van der Waals surface area contributed by atoms with Gasteiger partial charge in [0, 0.05) is 18.6 Å². The molecule has 20 heavy (non-hydrogen) atoms. The van der Waals surface area contributed by atoms with Crippen LogP contribution in [0.25, 0.3) is 11.5 Å². The summed E-state index contributed by atoms with van der Waals surface area (Å²) in [6.45, 7) is -1.62. The standard InChI is InChI=1S/C6H8O4.C5H10N2O2.Pt/c7-4(8)6(5(9)10)2-1-3-6;6-1-5(2-7,3-8)4-9;/h1-3H2,(H,7,8)(H,9,10);8-9H,1-4H2;/q;-2;+4/p-2. The molecule has 0 aromatic rings. The smallest absolute Gasteiger partial charge is 0.808 e. The summed E-state index contributed by atoms with van der Waals surface area (Å²) >= 11 is 0. The van der Waals surface area contributed by atoms with Crippen LogP contribution in [-0.4, -0.2) is 48.5 Å². The number of hydrogen-bond acceptors (Lipinski definition) is 6. The van der Waals surface area contributed by atoms with E-state index in [2.05, 4.69) is 0 Å². The number of aliphatic hydroxyl groups excluding tert-OH is 2. The quantitative estimate of drug-likeness (QED) is 0.403. The average Bonchev–Trinajstić information content (AvgIpc) is 2.31. The van der Waals surface area contributed by atoms with Gasteiger partial charge in [-0.2, -0.15) is 13.1 Å². The minimum atomic E-state index is -1.67.